The fourth-order valence-corrected chi connectivity index (χ4v) is 6.80. The summed E-state index contributed by atoms with van der Waals surface area (Å²) in [6, 6.07) is 12.1. The smallest absolute Gasteiger partial charge is 0.283 e. The van der Waals surface area contributed by atoms with Crippen molar-refractivity contribution in [2.75, 3.05) is 29.2 Å². The second-order valence-corrected chi connectivity index (χ2v) is 12.4. The van der Waals surface area contributed by atoms with E-state index in [9.17, 15) is 18.0 Å². The first-order valence-electron chi connectivity index (χ1n) is 10.8. The van der Waals surface area contributed by atoms with Gasteiger partial charge in [0.1, 0.15) is 5.70 Å². The van der Waals surface area contributed by atoms with Crippen molar-refractivity contribution in [2.24, 2.45) is 4.99 Å². The van der Waals surface area contributed by atoms with Crippen molar-refractivity contribution >= 4 is 73.5 Å². The quantitative estimate of drug-likeness (QED) is 0.513. The second kappa shape index (κ2) is 10.3. The molecule has 2 aromatic carbocycles. The SMILES string of the molecule is Cc1ccc(N2C(=O)/C(=C/c3ccc(Cl)c(Cl)c3)N=C2SCC(=O)N(C)[C@H]2CCS(=O)(=O)C2)cc1. The lowest BCUT2D eigenvalue weighted by atomic mass is 10.2. The van der Waals surface area contributed by atoms with E-state index < -0.39 is 9.84 Å². The van der Waals surface area contributed by atoms with E-state index in [4.69, 9.17) is 23.2 Å². The van der Waals surface area contributed by atoms with Crippen LogP contribution in [0, 0.1) is 6.92 Å². The summed E-state index contributed by atoms with van der Waals surface area (Å²) in [5, 5.41) is 1.14. The number of amides is 2. The lowest BCUT2D eigenvalue weighted by molar-refractivity contribution is -0.128. The Labute approximate surface area is 218 Å². The minimum absolute atomic E-state index is 0.0155. The Hall–Kier alpha value is -2.33. The number of amidine groups is 1. The molecule has 2 aromatic rings. The fraction of sp³-hybridized carbons (Fsp3) is 0.292. The van der Waals surface area contributed by atoms with Crippen LogP contribution in [0.1, 0.15) is 17.5 Å². The van der Waals surface area contributed by atoms with E-state index >= 15 is 0 Å². The number of anilines is 1. The van der Waals surface area contributed by atoms with E-state index in [1.165, 1.54) is 9.80 Å². The third kappa shape index (κ3) is 5.91. The van der Waals surface area contributed by atoms with Crippen LogP contribution in [0.5, 0.6) is 0 Å². The number of benzene rings is 2. The number of aliphatic imine (C=N–C) groups is 1. The Kier molecular flexibility index (Phi) is 7.61. The molecular weight excluding hydrogens is 529 g/mol. The van der Waals surface area contributed by atoms with Gasteiger partial charge in [0.2, 0.25) is 5.91 Å². The van der Waals surface area contributed by atoms with Crippen LogP contribution in [0.2, 0.25) is 10.0 Å². The maximum absolute atomic E-state index is 13.3. The Bertz CT molecular complexity index is 1340. The van der Waals surface area contributed by atoms with Crippen LogP contribution in [-0.4, -0.2) is 60.6 Å². The second-order valence-electron chi connectivity index (χ2n) is 8.42. The third-order valence-electron chi connectivity index (χ3n) is 5.84. The zero-order chi connectivity index (χ0) is 25.3. The minimum Gasteiger partial charge on any atom is -0.341 e. The first-order chi connectivity index (χ1) is 16.5. The molecule has 0 aromatic heterocycles. The number of hydrogen-bond donors (Lipinski definition) is 0. The van der Waals surface area contributed by atoms with Crippen molar-refractivity contribution in [1.82, 2.24) is 4.90 Å². The van der Waals surface area contributed by atoms with Gasteiger partial charge in [-0.2, -0.15) is 0 Å². The fourth-order valence-electron chi connectivity index (χ4n) is 3.79. The predicted octanol–water partition coefficient (Wildman–Crippen LogP) is 4.42. The van der Waals surface area contributed by atoms with Gasteiger partial charge in [-0.05, 0) is 49.2 Å². The average Bonchev–Trinajstić information content (AvgIpc) is 3.33. The van der Waals surface area contributed by atoms with Gasteiger partial charge in [-0.3, -0.25) is 14.5 Å². The van der Waals surface area contributed by atoms with Gasteiger partial charge in [-0.1, -0.05) is 58.7 Å². The molecular formula is C24H23Cl2N3O4S2. The van der Waals surface area contributed by atoms with Crippen LogP contribution in [0.3, 0.4) is 0 Å². The Morgan fingerprint density at radius 3 is 2.54 bits per heavy atom. The standard InChI is InChI=1S/C24H23Cl2N3O4S2/c1-15-3-6-17(7-4-15)29-23(31)21(12-16-5-8-19(25)20(26)11-16)27-24(29)34-13-22(30)28(2)18-9-10-35(32,33)14-18/h3-8,11-12,18H,9-10,13-14H2,1-2H3/b21-12-/t18-/m0/s1. The maximum atomic E-state index is 13.3. The number of aryl methyl sites for hydroxylation is 1. The van der Waals surface area contributed by atoms with Crippen LogP contribution in [0.15, 0.2) is 53.2 Å². The van der Waals surface area contributed by atoms with Crippen molar-refractivity contribution in [1.29, 1.82) is 0 Å². The molecule has 0 aliphatic carbocycles. The summed E-state index contributed by atoms with van der Waals surface area (Å²) in [5.74, 6) is -0.469. The first kappa shape index (κ1) is 25.8. The van der Waals surface area contributed by atoms with Crippen LogP contribution >= 0.6 is 35.0 Å². The lowest BCUT2D eigenvalue weighted by Crippen LogP contribution is -2.39. The van der Waals surface area contributed by atoms with Gasteiger partial charge >= 0.3 is 0 Å². The van der Waals surface area contributed by atoms with Crippen molar-refractivity contribution in [3.05, 3.63) is 69.3 Å². The maximum Gasteiger partial charge on any atom is 0.283 e. The third-order valence-corrected chi connectivity index (χ3v) is 9.26. The summed E-state index contributed by atoms with van der Waals surface area (Å²) < 4.78 is 23.6. The molecule has 0 spiro atoms. The van der Waals surface area contributed by atoms with E-state index in [-0.39, 0.29) is 40.8 Å². The van der Waals surface area contributed by atoms with E-state index in [0.29, 0.717) is 32.9 Å². The number of carbonyl (C=O) groups excluding carboxylic acids is 2. The average molecular weight is 553 g/mol. The summed E-state index contributed by atoms with van der Waals surface area (Å²) in [7, 11) is -1.49. The molecule has 0 N–H and O–H groups in total. The number of carbonyl (C=O) groups is 2. The topological polar surface area (TPSA) is 87.1 Å². The van der Waals surface area contributed by atoms with Gasteiger partial charge in [0.05, 0.1) is 33.0 Å². The van der Waals surface area contributed by atoms with Gasteiger partial charge in [0.25, 0.3) is 5.91 Å². The number of halogens is 2. The highest BCUT2D eigenvalue weighted by molar-refractivity contribution is 8.14. The summed E-state index contributed by atoms with van der Waals surface area (Å²) >= 11 is 13.2. The molecule has 0 radical (unpaired) electrons. The number of rotatable bonds is 5. The molecule has 7 nitrogen and oxygen atoms in total. The van der Waals surface area contributed by atoms with E-state index in [0.717, 1.165) is 17.3 Å². The molecule has 1 saturated heterocycles. The molecule has 2 aliphatic heterocycles. The van der Waals surface area contributed by atoms with Gasteiger partial charge < -0.3 is 4.90 Å². The van der Waals surface area contributed by atoms with Gasteiger partial charge in [-0.25, -0.2) is 13.4 Å². The largest absolute Gasteiger partial charge is 0.341 e. The zero-order valence-electron chi connectivity index (χ0n) is 19.1. The molecule has 0 bridgehead atoms. The molecule has 184 valence electrons. The first-order valence-corrected chi connectivity index (χ1v) is 14.4. The van der Waals surface area contributed by atoms with Crippen molar-refractivity contribution in [3.8, 4) is 0 Å². The number of hydrogen-bond acceptors (Lipinski definition) is 6. The Morgan fingerprint density at radius 1 is 1.20 bits per heavy atom. The molecule has 0 unspecified atom stereocenters. The molecule has 1 atom stereocenters. The monoisotopic (exact) mass is 551 g/mol. The number of nitrogens with zero attached hydrogens (tertiary/aromatic N) is 3. The van der Waals surface area contributed by atoms with Crippen molar-refractivity contribution < 1.29 is 18.0 Å². The zero-order valence-corrected chi connectivity index (χ0v) is 22.2. The van der Waals surface area contributed by atoms with E-state index in [1.54, 1.807) is 31.3 Å². The molecule has 1 fully saturated rings. The molecule has 2 aliphatic rings. The summed E-state index contributed by atoms with van der Waals surface area (Å²) in [4.78, 5) is 33.6. The van der Waals surface area contributed by atoms with Crippen LogP contribution in [-0.2, 0) is 19.4 Å². The van der Waals surface area contributed by atoms with Gasteiger partial charge in [0.15, 0.2) is 15.0 Å². The van der Waals surface area contributed by atoms with E-state index in [1.807, 2.05) is 31.2 Å². The molecule has 11 heteroatoms. The molecule has 35 heavy (non-hydrogen) atoms. The molecule has 4 rings (SSSR count). The van der Waals surface area contributed by atoms with Crippen LogP contribution < -0.4 is 4.90 Å². The lowest BCUT2D eigenvalue weighted by Gasteiger charge is -2.24. The normalized spacial score (nSPS) is 20.4. The minimum atomic E-state index is -3.11. The highest BCUT2D eigenvalue weighted by atomic mass is 35.5. The molecule has 2 amide bonds. The number of thioether (sulfide) groups is 1. The Balaban J connectivity index is 1.58. The van der Waals surface area contributed by atoms with Crippen molar-refractivity contribution in [2.45, 2.75) is 19.4 Å². The van der Waals surface area contributed by atoms with Crippen LogP contribution in [0.25, 0.3) is 6.08 Å². The Morgan fingerprint density at radius 2 is 1.91 bits per heavy atom. The van der Waals surface area contributed by atoms with Gasteiger partial charge in [0, 0.05) is 13.1 Å². The summed E-state index contributed by atoms with van der Waals surface area (Å²) in [6.07, 6.45) is 2.05. The molecule has 2 heterocycles. The summed E-state index contributed by atoms with van der Waals surface area (Å²) in [6.45, 7) is 1.95. The predicted molar refractivity (Wildman–Crippen MR) is 143 cm³/mol. The number of sulfone groups is 1. The molecule has 0 saturated carbocycles. The van der Waals surface area contributed by atoms with Crippen LogP contribution in [0.4, 0.5) is 5.69 Å². The highest BCUT2D eigenvalue weighted by Gasteiger charge is 2.35. The van der Waals surface area contributed by atoms with Crippen molar-refractivity contribution in [3.63, 3.8) is 0 Å². The summed E-state index contributed by atoms with van der Waals surface area (Å²) in [5.41, 5.74) is 2.54. The van der Waals surface area contributed by atoms with Gasteiger partial charge in [-0.15, -0.1) is 0 Å². The highest BCUT2D eigenvalue weighted by Crippen LogP contribution is 2.31. The van der Waals surface area contributed by atoms with E-state index in [2.05, 4.69) is 4.99 Å².